The number of nitrogens with zero attached hydrogens (tertiary/aromatic N) is 5. The minimum absolute atomic E-state index is 0.0321. The molecular weight excluding hydrogens is 725 g/mol. The fourth-order valence-electron chi connectivity index (χ4n) is 6.58. The summed E-state index contributed by atoms with van der Waals surface area (Å²) in [5.41, 5.74) is 0. The molecule has 2 fully saturated rings. The zero-order valence-corrected chi connectivity index (χ0v) is 32.3. The maximum atomic E-state index is 13.1. The van der Waals surface area contributed by atoms with E-state index in [2.05, 4.69) is 10.6 Å². The van der Waals surface area contributed by atoms with Gasteiger partial charge in [-0.1, -0.05) is 13.8 Å². The number of likely N-dealkylation sites (tertiary alicyclic amines) is 1. The third kappa shape index (κ3) is 18.6. The van der Waals surface area contributed by atoms with Gasteiger partial charge in [0.15, 0.2) is 0 Å². The van der Waals surface area contributed by atoms with Crippen molar-refractivity contribution in [3.05, 3.63) is 0 Å². The number of Topliss-reactive ketones (excluding diaryl/α,β-unsaturated/α-hetero) is 1. The highest BCUT2D eigenvalue weighted by atomic mass is 16.5. The van der Waals surface area contributed by atoms with Crippen LogP contribution in [0.5, 0.6) is 0 Å². The first-order valence-electron chi connectivity index (χ1n) is 18.8. The predicted octanol–water partition coefficient (Wildman–Crippen LogP) is -3.28. The Kier molecular flexibility index (Phi) is 21.3. The van der Waals surface area contributed by atoms with Gasteiger partial charge in [0.05, 0.1) is 45.3 Å². The Balaban J connectivity index is 1.82. The van der Waals surface area contributed by atoms with Crippen LogP contribution in [0.4, 0.5) is 0 Å². The SMILES string of the molecule is CC(C)[C@H](CC(=O)CCOCCNC(=O)CN1CCN(CC(=O)O)CCN(CC(=O)O)CCN(CC(=O)O)CC1)C(=O)N[C@H](C)C(=O)N1CCC[C@H]1B(O)O. The summed E-state index contributed by atoms with van der Waals surface area (Å²) in [4.78, 5) is 94.1. The van der Waals surface area contributed by atoms with Gasteiger partial charge in [0, 0.05) is 84.2 Å². The number of amides is 3. The molecule has 0 saturated carbocycles. The average molecular weight is 786 g/mol. The third-order valence-corrected chi connectivity index (χ3v) is 9.71. The van der Waals surface area contributed by atoms with Crippen molar-refractivity contribution in [1.29, 1.82) is 0 Å². The molecule has 2 rings (SSSR count). The molecule has 0 aromatic carbocycles. The molecule has 2 aliphatic heterocycles. The summed E-state index contributed by atoms with van der Waals surface area (Å²) in [6, 6.07) is -0.912. The monoisotopic (exact) mass is 785 g/mol. The van der Waals surface area contributed by atoms with E-state index in [0.29, 0.717) is 32.5 Å². The number of carbonyl (C=O) groups is 7. The molecule has 0 aromatic heterocycles. The van der Waals surface area contributed by atoms with Crippen LogP contribution in [0.3, 0.4) is 0 Å². The molecule has 7 N–H and O–H groups in total. The Bertz CT molecular complexity index is 1260. The van der Waals surface area contributed by atoms with Crippen LogP contribution in [0.25, 0.3) is 0 Å². The molecule has 0 spiro atoms. The molecule has 3 atom stereocenters. The second kappa shape index (κ2) is 24.7. The number of rotatable bonds is 21. The summed E-state index contributed by atoms with van der Waals surface area (Å²) in [5.74, 6) is -6.16. The topological polar surface area (TPSA) is 270 Å². The van der Waals surface area contributed by atoms with Crippen LogP contribution in [0.2, 0.25) is 0 Å². The number of nitrogens with one attached hydrogen (secondary N) is 2. The first-order valence-corrected chi connectivity index (χ1v) is 18.8. The van der Waals surface area contributed by atoms with Gasteiger partial charge in [0.2, 0.25) is 17.7 Å². The normalized spacial score (nSPS) is 19.5. The maximum Gasteiger partial charge on any atom is 0.475 e. The number of hydrogen-bond donors (Lipinski definition) is 7. The lowest BCUT2D eigenvalue weighted by molar-refractivity contribution is -0.140. The molecule has 0 aromatic rings. The number of carbonyl (C=O) groups excluding carboxylic acids is 4. The average Bonchev–Trinajstić information content (AvgIpc) is 3.59. The molecule has 55 heavy (non-hydrogen) atoms. The van der Waals surface area contributed by atoms with Crippen molar-refractivity contribution in [2.75, 3.05) is 105 Å². The standard InChI is InChI=1S/C34H60BN7O13/c1-24(2)27(33(51)37-25(3)34(52)42-8-4-5-28(42)35(53)54)19-26(43)6-17-55-18-7-36-29(44)20-38-9-11-39(21-30(45)46)13-15-41(23-32(49)50)16-14-40(12-10-38)22-31(47)48/h24-25,27-28,53-54H,4-23H2,1-3H3,(H,36,44)(H,37,51)(H,45,46)(H,47,48)(H,49,50)/t25-,27+,28+/m1/s1. The molecule has 0 aliphatic carbocycles. The lowest BCUT2D eigenvalue weighted by Crippen LogP contribution is -2.53. The lowest BCUT2D eigenvalue weighted by atomic mass is 9.78. The van der Waals surface area contributed by atoms with Gasteiger partial charge in [0.25, 0.3) is 0 Å². The maximum absolute atomic E-state index is 13.1. The number of carboxylic acids is 3. The molecule has 0 unspecified atom stereocenters. The number of carboxylic acid groups (broad SMARTS) is 3. The van der Waals surface area contributed by atoms with Gasteiger partial charge in [-0.25, -0.2) is 0 Å². The highest BCUT2D eigenvalue weighted by Crippen LogP contribution is 2.21. The molecule has 0 radical (unpaired) electrons. The fraction of sp³-hybridized carbons (Fsp3) is 0.794. The Morgan fingerprint density at radius 3 is 1.62 bits per heavy atom. The number of ether oxygens (including phenoxy) is 1. The molecule has 312 valence electrons. The lowest BCUT2D eigenvalue weighted by Gasteiger charge is -2.32. The Hall–Kier alpha value is -3.73. The van der Waals surface area contributed by atoms with Crippen molar-refractivity contribution in [2.45, 2.75) is 58.4 Å². The van der Waals surface area contributed by atoms with Crippen LogP contribution in [-0.2, 0) is 38.3 Å². The molecule has 2 aliphatic rings. The zero-order chi connectivity index (χ0) is 41.1. The molecule has 21 heteroatoms. The van der Waals surface area contributed by atoms with Crippen molar-refractivity contribution in [3.63, 3.8) is 0 Å². The van der Waals surface area contributed by atoms with Crippen LogP contribution in [0.1, 0.15) is 46.5 Å². The molecule has 0 bridgehead atoms. The summed E-state index contributed by atoms with van der Waals surface area (Å²) < 4.78 is 5.55. The van der Waals surface area contributed by atoms with Gasteiger partial charge in [-0.15, -0.1) is 0 Å². The zero-order valence-electron chi connectivity index (χ0n) is 32.3. The van der Waals surface area contributed by atoms with Gasteiger partial charge in [-0.3, -0.25) is 53.2 Å². The Morgan fingerprint density at radius 2 is 1.18 bits per heavy atom. The van der Waals surface area contributed by atoms with Gasteiger partial charge in [-0.05, 0) is 25.7 Å². The van der Waals surface area contributed by atoms with Gasteiger partial charge < -0.3 is 45.6 Å². The molecule has 20 nitrogen and oxygen atoms in total. The van der Waals surface area contributed by atoms with E-state index < -0.39 is 54.7 Å². The van der Waals surface area contributed by atoms with E-state index in [0.717, 1.165) is 0 Å². The van der Waals surface area contributed by atoms with Gasteiger partial charge >= 0.3 is 25.0 Å². The van der Waals surface area contributed by atoms with Crippen LogP contribution in [0.15, 0.2) is 0 Å². The van der Waals surface area contributed by atoms with E-state index in [1.54, 1.807) is 33.4 Å². The third-order valence-electron chi connectivity index (χ3n) is 9.71. The molecule has 2 saturated heterocycles. The summed E-state index contributed by atoms with van der Waals surface area (Å²) in [7, 11) is -1.67. The molecule has 2 heterocycles. The van der Waals surface area contributed by atoms with Gasteiger partial charge in [-0.2, -0.15) is 0 Å². The number of hydrogen-bond acceptors (Lipinski definition) is 14. The van der Waals surface area contributed by atoms with Crippen molar-refractivity contribution >= 4 is 48.5 Å². The highest BCUT2D eigenvalue weighted by Gasteiger charge is 2.39. The summed E-state index contributed by atoms with van der Waals surface area (Å²) >= 11 is 0. The summed E-state index contributed by atoms with van der Waals surface area (Å²) in [6.45, 7) is 7.17. The predicted molar refractivity (Wildman–Crippen MR) is 198 cm³/mol. The van der Waals surface area contributed by atoms with Crippen LogP contribution in [-0.4, -0.2) is 215 Å². The Morgan fingerprint density at radius 1 is 0.709 bits per heavy atom. The second-order valence-corrected chi connectivity index (χ2v) is 14.5. The van der Waals surface area contributed by atoms with Crippen molar-refractivity contribution < 1.29 is 63.7 Å². The quantitative estimate of drug-likeness (QED) is 0.0444. The smallest absolute Gasteiger partial charge is 0.475 e. The summed E-state index contributed by atoms with van der Waals surface area (Å²) in [5, 5.41) is 52.7. The Labute approximate surface area is 322 Å². The van der Waals surface area contributed by atoms with E-state index in [1.807, 2.05) is 0 Å². The first kappa shape index (κ1) is 47.4. The molecular formula is C34H60BN7O13. The number of ketones is 1. The fourth-order valence-corrected chi connectivity index (χ4v) is 6.58. The summed E-state index contributed by atoms with van der Waals surface area (Å²) in [6.07, 6.45) is 1.05. The largest absolute Gasteiger partial charge is 0.480 e. The van der Waals surface area contributed by atoms with Crippen LogP contribution >= 0.6 is 0 Å². The van der Waals surface area contributed by atoms with E-state index in [1.165, 1.54) is 11.8 Å². The van der Waals surface area contributed by atoms with Crippen LogP contribution in [0, 0.1) is 11.8 Å². The molecule has 3 amide bonds. The van der Waals surface area contributed by atoms with E-state index >= 15 is 0 Å². The minimum atomic E-state index is -1.67. The second-order valence-electron chi connectivity index (χ2n) is 14.5. The minimum Gasteiger partial charge on any atom is -0.480 e. The first-order chi connectivity index (χ1) is 26.0. The van der Waals surface area contributed by atoms with Crippen molar-refractivity contribution in [1.82, 2.24) is 35.1 Å². The van der Waals surface area contributed by atoms with E-state index in [4.69, 9.17) is 4.74 Å². The van der Waals surface area contributed by atoms with Crippen molar-refractivity contribution in [2.24, 2.45) is 11.8 Å². The van der Waals surface area contributed by atoms with E-state index in [-0.39, 0.29) is 116 Å². The van der Waals surface area contributed by atoms with Gasteiger partial charge in [0.1, 0.15) is 11.8 Å². The highest BCUT2D eigenvalue weighted by molar-refractivity contribution is 6.43. The van der Waals surface area contributed by atoms with Crippen LogP contribution < -0.4 is 10.6 Å². The van der Waals surface area contributed by atoms with E-state index in [9.17, 15) is 58.9 Å². The van der Waals surface area contributed by atoms with Crippen molar-refractivity contribution in [3.8, 4) is 0 Å². The number of aliphatic carboxylic acids is 3.